The lowest BCUT2D eigenvalue weighted by Crippen LogP contribution is -2.19. The molecule has 0 spiro atoms. The van der Waals surface area contributed by atoms with Gasteiger partial charge in [-0.2, -0.15) is 0 Å². The zero-order chi connectivity index (χ0) is 27.4. The number of amides is 2. The van der Waals surface area contributed by atoms with E-state index in [1.54, 1.807) is 0 Å². The number of nitrogen functional groups attached to an aromatic ring is 1. The van der Waals surface area contributed by atoms with Crippen LogP contribution in [0.25, 0.3) is 0 Å². The Morgan fingerprint density at radius 2 is 1.43 bits per heavy atom. The zero-order valence-corrected chi connectivity index (χ0v) is 22.4. The first-order valence-electron chi connectivity index (χ1n) is 10.1. The molecule has 0 saturated heterocycles. The van der Waals surface area contributed by atoms with Gasteiger partial charge in [0.25, 0.3) is 5.91 Å². The van der Waals surface area contributed by atoms with Gasteiger partial charge in [0.15, 0.2) is 0 Å². The highest BCUT2D eigenvalue weighted by molar-refractivity contribution is 6.54. The lowest BCUT2D eigenvalue weighted by Gasteiger charge is -2.12. The number of carbonyl (C=O) groups excluding carboxylic acids is 2. The van der Waals surface area contributed by atoms with E-state index in [1.807, 2.05) is 0 Å². The Bertz CT molecular complexity index is 1450. The van der Waals surface area contributed by atoms with E-state index in [0.717, 1.165) is 18.2 Å². The molecule has 0 aromatic heterocycles. The minimum Gasteiger partial charge on any atom is -0.396 e. The van der Waals surface area contributed by atoms with Crippen LogP contribution in [0.1, 0.15) is 21.8 Å². The van der Waals surface area contributed by atoms with Crippen molar-refractivity contribution in [2.45, 2.75) is 10.3 Å². The molecule has 0 bridgehead atoms. The molecule has 4 N–H and O–H groups in total. The highest BCUT2D eigenvalue weighted by Gasteiger charge is 2.67. The van der Waals surface area contributed by atoms with Gasteiger partial charge in [0.05, 0.1) is 42.9 Å². The first kappa shape index (κ1) is 28.0. The van der Waals surface area contributed by atoms with Crippen LogP contribution >= 0.6 is 69.6 Å². The Hall–Kier alpha value is -2.07. The second-order valence-electron chi connectivity index (χ2n) is 8.04. The fraction of sp³-hybridized carbons (Fsp3) is 0.130. The van der Waals surface area contributed by atoms with Crippen LogP contribution in [0.5, 0.6) is 0 Å². The maximum absolute atomic E-state index is 14.5. The van der Waals surface area contributed by atoms with Crippen LogP contribution in [0.3, 0.4) is 0 Å². The van der Waals surface area contributed by atoms with Crippen molar-refractivity contribution < 1.29 is 22.8 Å². The minimum absolute atomic E-state index is 0.120. The summed E-state index contributed by atoms with van der Waals surface area (Å²) in [4.78, 5) is 25.7. The summed E-state index contributed by atoms with van der Waals surface area (Å²) in [5.74, 6) is -6.70. The molecule has 0 aliphatic heterocycles. The summed E-state index contributed by atoms with van der Waals surface area (Å²) in [6, 6.07) is 6.19. The fourth-order valence-electron chi connectivity index (χ4n) is 3.72. The third-order valence-electron chi connectivity index (χ3n) is 5.58. The van der Waals surface area contributed by atoms with Gasteiger partial charge in [-0.15, -0.1) is 23.2 Å². The Morgan fingerprint density at radius 1 is 0.811 bits per heavy atom. The van der Waals surface area contributed by atoms with E-state index in [2.05, 4.69) is 10.6 Å². The maximum atomic E-state index is 14.5. The standard InChI is InChI=1S/C23H12Cl6F3N3O2/c24-10-1-7(2-11(25)20(10)27)17-18(23(17,28)29)22(37)34-8-3-9(19(26)14(32)4-8)21(36)35-16-6-15(33)12(30)5-13(16)31/h1-6,17-18H,33H2,(H,34,37)(H,35,36)/t17-,18+/m0/s1. The number of benzene rings is 3. The summed E-state index contributed by atoms with van der Waals surface area (Å²) >= 11 is 36.7. The molecule has 1 aliphatic carbocycles. The van der Waals surface area contributed by atoms with Crippen molar-refractivity contribution in [2.24, 2.45) is 5.92 Å². The van der Waals surface area contributed by atoms with Crippen LogP contribution in [0.15, 0.2) is 36.4 Å². The lowest BCUT2D eigenvalue weighted by atomic mass is 10.1. The number of nitrogens with two attached hydrogens (primary N) is 1. The van der Waals surface area contributed by atoms with Crippen LogP contribution in [-0.2, 0) is 4.79 Å². The highest BCUT2D eigenvalue weighted by atomic mass is 35.5. The van der Waals surface area contributed by atoms with Gasteiger partial charge < -0.3 is 16.4 Å². The molecule has 2 amide bonds. The maximum Gasteiger partial charge on any atom is 0.257 e. The summed E-state index contributed by atoms with van der Waals surface area (Å²) in [5.41, 5.74) is 4.34. The predicted molar refractivity (Wildman–Crippen MR) is 141 cm³/mol. The van der Waals surface area contributed by atoms with E-state index in [9.17, 15) is 22.8 Å². The molecule has 37 heavy (non-hydrogen) atoms. The van der Waals surface area contributed by atoms with Crippen molar-refractivity contribution in [1.29, 1.82) is 0 Å². The molecule has 3 aromatic carbocycles. The molecule has 14 heteroatoms. The molecule has 1 saturated carbocycles. The van der Waals surface area contributed by atoms with E-state index in [1.165, 1.54) is 12.1 Å². The molecule has 5 nitrogen and oxygen atoms in total. The van der Waals surface area contributed by atoms with Crippen molar-refractivity contribution >= 4 is 98.5 Å². The number of halogens is 9. The summed E-state index contributed by atoms with van der Waals surface area (Å²) in [7, 11) is 0. The van der Waals surface area contributed by atoms with Gasteiger partial charge in [0, 0.05) is 17.7 Å². The molecule has 3 aromatic rings. The summed E-state index contributed by atoms with van der Waals surface area (Å²) in [6.45, 7) is 0. The molecule has 0 unspecified atom stereocenters. The lowest BCUT2D eigenvalue weighted by molar-refractivity contribution is -0.117. The number of hydrogen-bond donors (Lipinski definition) is 3. The second kappa shape index (κ2) is 10.2. The largest absolute Gasteiger partial charge is 0.396 e. The van der Waals surface area contributed by atoms with Crippen molar-refractivity contribution in [3.8, 4) is 0 Å². The Kier molecular flexibility index (Phi) is 7.74. The number of nitrogens with one attached hydrogen (secondary N) is 2. The average Bonchev–Trinajstić information content (AvgIpc) is 3.39. The first-order valence-corrected chi connectivity index (χ1v) is 12.4. The van der Waals surface area contributed by atoms with Gasteiger partial charge >= 0.3 is 0 Å². The molecule has 0 heterocycles. The van der Waals surface area contributed by atoms with Gasteiger partial charge in [0.1, 0.15) is 21.8 Å². The second-order valence-corrected chi connectivity index (χ2v) is 11.1. The fourth-order valence-corrected chi connectivity index (χ4v) is 5.36. The Labute approximate surface area is 237 Å². The smallest absolute Gasteiger partial charge is 0.257 e. The van der Waals surface area contributed by atoms with Gasteiger partial charge in [-0.1, -0.05) is 46.4 Å². The topological polar surface area (TPSA) is 84.2 Å². The van der Waals surface area contributed by atoms with Gasteiger partial charge in [-0.25, -0.2) is 13.2 Å². The van der Waals surface area contributed by atoms with Crippen LogP contribution < -0.4 is 16.4 Å². The van der Waals surface area contributed by atoms with E-state index < -0.39 is 67.4 Å². The van der Waals surface area contributed by atoms with E-state index in [-0.39, 0.29) is 20.8 Å². The summed E-state index contributed by atoms with van der Waals surface area (Å²) in [5, 5.41) is 4.35. The molecular formula is C23H12Cl6F3N3O2. The van der Waals surface area contributed by atoms with Crippen LogP contribution in [0.4, 0.5) is 30.2 Å². The molecule has 0 radical (unpaired) electrons. The summed E-state index contributed by atoms with van der Waals surface area (Å²) < 4.78 is 40.4. The zero-order valence-electron chi connectivity index (χ0n) is 17.9. The predicted octanol–water partition coefficient (Wildman–Crippen LogP) is 8.08. The molecule has 4 rings (SSSR count). The number of anilines is 3. The van der Waals surface area contributed by atoms with Gasteiger partial charge in [-0.3, -0.25) is 9.59 Å². The SMILES string of the molecule is Nc1cc(NC(=O)c2cc(NC(=O)[C@H]3[C@H](c4cc(Cl)c(Cl)c(Cl)c4)C3(Cl)Cl)cc(F)c2Cl)c(F)cc1F. The van der Waals surface area contributed by atoms with Gasteiger partial charge in [0.2, 0.25) is 5.91 Å². The Balaban J connectivity index is 1.57. The van der Waals surface area contributed by atoms with Crippen molar-refractivity contribution in [2.75, 3.05) is 16.4 Å². The molecular weight excluding hydrogens is 620 g/mol. The number of hydrogen-bond acceptors (Lipinski definition) is 3. The third kappa shape index (κ3) is 5.41. The summed E-state index contributed by atoms with van der Waals surface area (Å²) in [6.07, 6.45) is 0. The van der Waals surface area contributed by atoms with Crippen LogP contribution in [-0.4, -0.2) is 16.1 Å². The third-order valence-corrected chi connectivity index (χ3v) is 8.10. The highest BCUT2D eigenvalue weighted by Crippen LogP contribution is 2.65. The number of alkyl halides is 2. The van der Waals surface area contributed by atoms with Crippen molar-refractivity contribution in [3.05, 3.63) is 85.1 Å². The van der Waals surface area contributed by atoms with Crippen molar-refractivity contribution in [3.63, 3.8) is 0 Å². The Morgan fingerprint density at radius 3 is 2.05 bits per heavy atom. The van der Waals surface area contributed by atoms with Gasteiger partial charge in [-0.05, 0) is 35.9 Å². The normalized spacial score (nSPS) is 17.9. The molecule has 2 atom stereocenters. The number of rotatable bonds is 5. The number of carbonyl (C=O) groups is 2. The van der Waals surface area contributed by atoms with E-state index >= 15 is 0 Å². The monoisotopic (exact) mass is 629 g/mol. The molecule has 1 aliphatic rings. The van der Waals surface area contributed by atoms with E-state index in [0.29, 0.717) is 11.6 Å². The van der Waals surface area contributed by atoms with Crippen LogP contribution in [0, 0.1) is 23.4 Å². The van der Waals surface area contributed by atoms with Crippen molar-refractivity contribution in [1.82, 2.24) is 0 Å². The van der Waals surface area contributed by atoms with E-state index in [4.69, 9.17) is 75.3 Å². The molecule has 194 valence electrons. The first-order chi connectivity index (χ1) is 17.2. The average molecular weight is 632 g/mol. The van der Waals surface area contributed by atoms with Crippen LogP contribution in [0.2, 0.25) is 20.1 Å². The molecule has 1 fully saturated rings. The minimum atomic E-state index is -1.55. The quantitative estimate of drug-likeness (QED) is 0.151.